The van der Waals surface area contributed by atoms with Gasteiger partial charge in [0.15, 0.2) is 0 Å². The van der Waals surface area contributed by atoms with E-state index >= 15 is 0 Å². The number of carbonyl (C=O) groups is 3. The lowest BCUT2D eigenvalue weighted by Gasteiger charge is -2.14. The van der Waals surface area contributed by atoms with Crippen molar-refractivity contribution < 1.29 is 33.4 Å². The van der Waals surface area contributed by atoms with Crippen molar-refractivity contribution in [3.8, 4) is 17.2 Å². The molecular weight excluding hydrogens is 550 g/mol. The van der Waals surface area contributed by atoms with Crippen LogP contribution < -0.4 is 15.4 Å². The summed E-state index contributed by atoms with van der Waals surface area (Å²) >= 11 is 0. The number of carboxylic acids is 1. The lowest BCUT2D eigenvalue weighted by Crippen LogP contribution is -2.26. The first kappa shape index (κ1) is 30.8. The average molecular weight is 586 g/mol. The van der Waals surface area contributed by atoms with E-state index in [1.807, 2.05) is 49.4 Å². The second-order valence-electron chi connectivity index (χ2n) is 10.2. The Morgan fingerprint density at radius 2 is 1.74 bits per heavy atom. The number of oxazole rings is 1. The van der Waals surface area contributed by atoms with Crippen molar-refractivity contribution in [3.05, 3.63) is 101 Å². The zero-order valence-corrected chi connectivity index (χ0v) is 24.4. The van der Waals surface area contributed by atoms with E-state index in [-0.39, 0.29) is 25.0 Å². The van der Waals surface area contributed by atoms with Crippen molar-refractivity contribution in [1.29, 1.82) is 0 Å². The number of nitrogens with one attached hydrogen (secondary N) is 2. The minimum absolute atomic E-state index is 0.0297. The van der Waals surface area contributed by atoms with Crippen molar-refractivity contribution >= 4 is 23.7 Å². The van der Waals surface area contributed by atoms with Crippen LogP contribution >= 0.6 is 0 Å². The highest BCUT2D eigenvalue weighted by Gasteiger charge is 2.15. The molecule has 0 unspecified atom stereocenters. The van der Waals surface area contributed by atoms with Crippen LogP contribution in [0.5, 0.6) is 5.75 Å². The van der Waals surface area contributed by atoms with Crippen LogP contribution in [0.1, 0.15) is 53.2 Å². The van der Waals surface area contributed by atoms with Gasteiger partial charge in [-0.1, -0.05) is 30.3 Å². The molecule has 0 saturated heterocycles. The maximum Gasteiger partial charge on any atom is 0.407 e. The molecule has 43 heavy (non-hydrogen) atoms. The number of para-hydroxylation sites is 1. The molecule has 4 rings (SSSR count). The van der Waals surface area contributed by atoms with E-state index in [0.29, 0.717) is 53.7 Å². The Balaban J connectivity index is 1.39. The van der Waals surface area contributed by atoms with E-state index in [1.54, 1.807) is 44.2 Å². The first-order valence-electron chi connectivity index (χ1n) is 14.0. The van der Waals surface area contributed by atoms with Gasteiger partial charge >= 0.3 is 12.1 Å². The number of hydrogen-bond acceptors (Lipinski definition) is 7. The number of hydrogen-bond donors (Lipinski definition) is 3. The molecule has 0 radical (unpaired) electrons. The van der Waals surface area contributed by atoms with Crippen molar-refractivity contribution in [2.75, 3.05) is 11.9 Å². The van der Waals surface area contributed by atoms with Crippen LogP contribution in [0, 0.1) is 6.92 Å². The van der Waals surface area contributed by atoms with Crippen LogP contribution in [0.15, 0.2) is 77.2 Å². The molecule has 3 aromatic carbocycles. The van der Waals surface area contributed by atoms with Crippen LogP contribution in [0.3, 0.4) is 0 Å². The lowest BCUT2D eigenvalue weighted by molar-refractivity contribution is -0.136. The Morgan fingerprint density at radius 1 is 0.953 bits per heavy atom. The first-order valence-corrected chi connectivity index (χ1v) is 14.0. The monoisotopic (exact) mass is 585 g/mol. The van der Waals surface area contributed by atoms with Crippen molar-refractivity contribution in [2.24, 2.45) is 0 Å². The third-order valence-electron chi connectivity index (χ3n) is 6.46. The zero-order valence-electron chi connectivity index (χ0n) is 24.4. The second kappa shape index (κ2) is 14.7. The van der Waals surface area contributed by atoms with Gasteiger partial charge in [-0.2, -0.15) is 0 Å². The number of carbonyl (C=O) groups excluding carboxylic acids is 2. The average Bonchev–Trinajstić information content (AvgIpc) is 3.35. The molecule has 10 nitrogen and oxygen atoms in total. The Hall–Kier alpha value is -5.12. The number of aliphatic carboxylic acids is 1. The summed E-state index contributed by atoms with van der Waals surface area (Å²) in [7, 11) is 0. The molecule has 0 aliphatic rings. The van der Waals surface area contributed by atoms with E-state index in [9.17, 15) is 14.4 Å². The Kier molecular flexibility index (Phi) is 10.5. The van der Waals surface area contributed by atoms with Gasteiger partial charge < -0.3 is 29.6 Å². The van der Waals surface area contributed by atoms with Crippen molar-refractivity contribution in [2.45, 2.75) is 52.7 Å². The smallest absolute Gasteiger partial charge is 0.407 e. The second-order valence-corrected chi connectivity index (χ2v) is 10.2. The summed E-state index contributed by atoms with van der Waals surface area (Å²) in [6.45, 7) is 5.83. The number of benzene rings is 3. The fourth-order valence-electron chi connectivity index (χ4n) is 4.33. The molecule has 2 amide bonds. The molecule has 0 aliphatic heterocycles. The van der Waals surface area contributed by atoms with Crippen LogP contribution in [-0.2, 0) is 28.9 Å². The van der Waals surface area contributed by atoms with Gasteiger partial charge in [0.1, 0.15) is 11.5 Å². The van der Waals surface area contributed by atoms with E-state index in [1.165, 1.54) is 0 Å². The molecule has 224 valence electrons. The summed E-state index contributed by atoms with van der Waals surface area (Å²) in [5.41, 5.74) is 4.15. The summed E-state index contributed by atoms with van der Waals surface area (Å²) < 4.78 is 17.0. The highest BCUT2D eigenvalue weighted by Crippen LogP contribution is 2.25. The number of nitrogens with zero attached hydrogens (tertiary/aromatic N) is 1. The molecular formula is C33H35N3O7. The van der Waals surface area contributed by atoms with E-state index < -0.39 is 12.1 Å². The molecule has 0 atom stereocenters. The van der Waals surface area contributed by atoms with Gasteiger partial charge in [0, 0.05) is 36.2 Å². The number of anilines is 1. The van der Waals surface area contributed by atoms with Crippen LogP contribution in [0.4, 0.5) is 10.5 Å². The number of rotatable bonds is 13. The zero-order chi connectivity index (χ0) is 30.8. The largest absolute Gasteiger partial charge is 0.493 e. The Labute approximate surface area is 250 Å². The minimum Gasteiger partial charge on any atom is -0.493 e. The molecule has 4 aromatic rings. The molecule has 1 heterocycles. The van der Waals surface area contributed by atoms with Gasteiger partial charge in [0.2, 0.25) is 5.89 Å². The van der Waals surface area contributed by atoms with Crippen LogP contribution in [0.25, 0.3) is 11.5 Å². The minimum atomic E-state index is -0.900. The molecule has 0 spiro atoms. The highest BCUT2D eigenvalue weighted by atomic mass is 16.6. The van der Waals surface area contributed by atoms with Gasteiger partial charge in [-0.3, -0.25) is 9.59 Å². The van der Waals surface area contributed by atoms with Gasteiger partial charge in [-0.25, -0.2) is 9.78 Å². The van der Waals surface area contributed by atoms with Crippen molar-refractivity contribution in [3.63, 3.8) is 0 Å². The number of aromatic nitrogens is 1. The summed E-state index contributed by atoms with van der Waals surface area (Å²) in [6, 6.07) is 21.7. The third-order valence-corrected chi connectivity index (χ3v) is 6.46. The molecule has 10 heteroatoms. The Morgan fingerprint density at radius 3 is 2.49 bits per heavy atom. The molecule has 1 aromatic heterocycles. The van der Waals surface area contributed by atoms with Gasteiger partial charge in [-0.15, -0.1) is 0 Å². The molecule has 0 fully saturated rings. The number of carboxylic acid groups (broad SMARTS) is 1. The maximum atomic E-state index is 12.7. The summed E-state index contributed by atoms with van der Waals surface area (Å²) in [5.74, 6) is 0.501. The molecule has 0 bridgehead atoms. The Bertz CT molecular complexity index is 1560. The number of aryl methyl sites for hydroxylation is 2. The SMILES string of the molecule is Cc1oc(-c2cccc(C(=O)Nc3ccccc3)c2)nc1CCOc1ccc(CCC(=O)O)c(CNC(=O)OC(C)C)c1. The normalized spacial score (nSPS) is 10.8. The van der Waals surface area contributed by atoms with E-state index in [0.717, 1.165) is 16.8 Å². The summed E-state index contributed by atoms with van der Waals surface area (Å²) in [4.78, 5) is 40.5. The fraction of sp³-hybridized carbons (Fsp3) is 0.273. The number of alkyl carbamates (subject to hydrolysis) is 1. The quantitative estimate of drug-likeness (QED) is 0.169. The van der Waals surface area contributed by atoms with Crippen molar-refractivity contribution in [1.82, 2.24) is 10.3 Å². The predicted octanol–water partition coefficient (Wildman–Crippen LogP) is 6.18. The highest BCUT2D eigenvalue weighted by molar-refractivity contribution is 6.04. The topological polar surface area (TPSA) is 140 Å². The summed E-state index contributed by atoms with van der Waals surface area (Å²) in [6.07, 6.45) is -0.0479. The van der Waals surface area contributed by atoms with E-state index in [4.69, 9.17) is 19.0 Å². The van der Waals surface area contributed by atoms with E-state index in [2.05, 4.69) is 15.6 Å². The number of amides is 2. The van der Waals surface area contributed by atoms with Gasteiger partial charge in [-0.05, 0) is 80.8 Å². The third kappa shape index (κ3) is 9.19. The maximum absolute atomic E-state index is 12.7. The van der Waals surface area contributed by atoms with Gasteiger partial charge in [0.05, 0.1) is 18.4 Å². The first-order chi connectivity index (χ1) is 20.7. The molecule has 3 N–H and O–H groups in total. The van der Waals surface area contributed by atoms with Crippen LogP contribution in [-0.4, -0.2) is 40.8 Å². The van der Waals surface area contributed by atoms with Gasteiger partial charge in [0.25, 0.3) is 5.91 Å². The standard InChI is InChI=1S/C33H35N3O7/c1-21(2)42-33(40)34-20-26-19-28(14-12-23(26)13-15-30(37)38)41-17-16-29-22(3)43-32(36-29)25-9-7-8-24(18-25)31(39)35-27-10-5-4-6-11-27/h4-12,14,18-19,21H,13,15-17,20H2,1-3H3,(H,34,40)(H,35,39)(H,37,38). The summed E-state index contributed by atoms with van der Waals surface area (Å²) in [5, 5.41) is 14.7. The lowest BCUT2D eigenvalue weighted by atomic mass is 10.0. The predicted molar refractivity (Wildman–Crippen MR) is 161 cm³/mol. The molecule has 0 aliphatic carbocycles. The fourth-order valence-corrected chi connectivity index (χ4v) is 4.33. The number of ether oxygens (including phenoxy) is 2. The molecule has 0 saturated carbocycles. The van der Waals surface area contributed by atoms with Crippen LogP contribution in [0.2, 0.25) is 0 Å².